The van der Waals surface area contributed by atoms with Crippen molar-refractivity contribution >= 4 is 109 Å². The molecule has 0 aliphatic rings. The van der Waals surface area contributed by atoms with Gasteiger partial charge in [0.1, 0.15) is 0 Å². The molecule has 0 unspecified atom stereocenters. The van der Waals surface area contributed by atoms with Gasteiger partial charge in [-0.15, -0.1) is 0 Å². The molecule has 0 aliphatic carbocycles. The van der Waals surface area contributed by atoms with Crippen LogP contribution in [0.3, 0.4) is 0 Å². The summed E-state index contributed by atoms with van der Waals surface area (Å²) in [5, 5.41) is 18.7. The maximum absolute atomic E-state index is 9.78. The molecule has 14 heavy (non-hydrogen) atoms. The van der Waals surface area contributed by atoms with Crippen molar-refractivity contribution in [3.05, 3.63) is 0 Å². The van der Waals surface area contributed by atoms with E-state index in [2.05, 4.69) is 9.47 Å². The molecule has 7 nitrogen and oxygen atoms in total. The Balaban J connectivity index is -0.0000000675. The number of hydrogen-bond acceptors (Lipinski definition) is 7. The van der Waals surface area contributed by atoms with Crippen molar-refractivity contribution in [2.24, 2.45) is 0 Å². The summed E-state index contributed by atoms with van der Waals surface area (Å²) in [5.74, 6) is 0. The van der Waals surface area contributed by atoms with Gasteiger partial charge >= 0.3 is 156 Å². The summed E-state index contributed by atoms with van der Waals surface area (Å²) < 4.78 is 6.17. The number of rotatable bonds is 0. The molecule has 0 bridgehead atoms. The van der Waals surface area contributed by atoms with E-state index in [1.54, 1.807) is 0 Å². The molecular weight excluding hydrogens is 369 g/mol. The third-order valence-electron chi connectivity index (χ3n) is 0.333. The number of carboxylic acid groups (broad SMARTS) is 2. The Morgan fingerprint density at radius 3 is 1.14 bits per heavy atom. The van der Waals surface area contributed by atoms with E-state index < -0.39 is 18.5 Å². The van der Waals surface area contributed by atoms with Crippen LogP contribution < -0.4 is 69.3 Å². The Hall–Kier alpha value is 3.17. The third-order valence-corrected chi connectivity index (χ3v) is 0.333. The predicted molar refractivity (Wildman–Crippen MR) is 35.4 cm³/mol. The molecule has 0 radical (unpaired) electrons. The molecular formula is C3H4Na2O7Sr2. The fraction of sp³-hybridized carbons (Fsp3) is 0. The van der Waals surface area contributed by atoms with Gasteiger partial charge in [-0.2, -0.15) is 0 Å². The van der Waals surface area contributed by atoms with Crippen molar-refractivity contribution in [2.75, 3.05) is 0 Å². The molecule has 0 aromatic carbocycles. The van der Waals surface area contributed by atoms with E-state index in [1.165, 1.54) is 0 Å². The molecule has 0 aromatic heterocycles. The predicted octanol–water partition coefficient (Wildman–Crippen LogP) is -10.00. The number of ether oxygens (including phenoxy) is 2. The first kappa shape index (κ1) is 30.3. The van der Waals surface area contributed by atoms with E-state index in [0.29, 0.717) is 0 Å². The second-order valence-electron chi connectivity index (χ2n) is 0.954. The van der Waals surface area contributed by atoms with Gasteiger partial charge in [-0.25, -0.2) is 4.79 Å². The molecule has 0 atom stereocenters. The molecule has 0 N–H and O–H groups in total. The molecule has 0 aliphatic heterocycles. The van der Waals surface area contributed by atoms with Crippen molar-refractivity contribution in [2.45, 2.75) is 0 Å². The van der Waals surface area contributed by atoms with E-state index in [0.717, 1.165) is 0 Å². The topological polar surface area (TPSA) is 116 Å². The van der Waals surface area contributed by atoms with Gasteiger partial charge in [-0.05, 0) is 0 Å². The Morgan fingerprint density at radius 2 is 1.00 bits per heavy atom. The van der Waals surface area contributed by atoms with Crippen molar-refractivity contribution < 1.29 is 93.2 Å². The van der Waals surface area contributed by atoms with Crippen LogP contribution >= 0.6 is 0 Å². The van der Waals surface area contributed by atoms with Crippen LogP contribution in [0.4, 0.5) is 14.4 Å². The van der Waals surface area contributed by atoms with Crippen LogP contribution in [0.5, 0.6) is 0 Å². The van der Waals surface area contributed by atoms with Crippen LogP contribution in [0.2, 0.25) is 0 Å². The molecule has 0 spiro atoms. The molecule has 0 fully saturated rings. The van der Waals surface area contributed by atoms with E-state index in [9.17, 15) is 24.6 Å². The van der Waals surface area contributed by atoms with Gasteiger partial charge in [0.2, 0.25) is 0 Å². The van der Waals surface area contributed by atoms with Gasteiger partial charge in [-0.1, -0.05) is 0 Å². The summed E-state index contributed by atoms with van der Waals surface area (Å²) in [4.78, 5) is 28.5. The van der Waals surface area contributed by atoms with Crippen LogP contribution in [0.1, 0.15) is 0 Å². The average Bonchev–Trinajstić information content (AvgIpc) is 1.58. The molecule has 64 valence electrons. The van der Waals surface area contributed by atoms with Crippen LogP contribution in [0, 0.1) is 0 Å². The van der Waals surface area contributed by atoms with Gasteiger partial charge in [0.05, 0.1) is 0 Å². The molecule has 0 aromatic rings. The zero-order chi connectivity index (χ0) is 8.15. The first-order valence-corrected chi connectivity index (χ1v) is 1.84. The first-order chi connectivity index (χ1) is 4.52. The monoisotopic (exact) mass is 374 g/mol. The van der Waals surface area contributed by atoms with Crippen molar-refractivity contribution in [1.29, 1.82) is 0 Å². The molecule has 0 saturated carbocycles. The number of hydrogen-bond donors (Lipinski definition) is 0. The van der Waals surface area contributed by atoms with Gasteiger partial charge in [0.25, 0.3) is 12.3 Å². The van der Waals surface area contributed by atoms with Crippen molar-refractivity contribution in [3.63, 3.8) is 0 Å². The molecule has 11 heteroatoms. The van der Waals surface area contributed by atoms with Crippen LogP contribution in [-0.2, 0) is 9.47 Å². The zero-order valence-corrected chi connectivity index (χ0v) is 10.4. The summed E-state index contributed by atoms with van der Waals surface area (Å²) >= 11 is 0. The Kier molecular flexibility index (Phi) is 40.1. The number of carbonyl (C=O) groups is 3. The zero-order valence-electron chi connectivity index (χ0n) is 6.36. The maximum atomic E-state index is 9.78. The second kappa shape index (κ2) is 18.5. The Morgan fingerprint density at radius 1 is 0.786 bits per heavy atom. The van der Waals surface area contributed by atoms with Crippen LogP contribution in [0.15, 0.2) is 0 Å². The molecule has 0 amide bonds. The van der Waals surface area contributed by atoms with Crippen molar-refractivity contribution in [1.82, 2.24) is 0 Å². The SMILES string of the molecule is O=C([O-])OC(=O)OC(=O)[O-].[Na+].[Na+].[SrH2].[SrH2]. The van der Waals surface area contributed by atoms with Gasteiger partial charge in [-0.3, -0.25) is 0 Å². The van der Waals surface area contributed by atoms with E-state index in [4.69, 9.17) is 0 Å². The van der Waals surface area contributed by atoms with E-state index in [-0.39, 0.29) is 150 Å². The third kappa shape index (κ3) is 24.4. The average molecular weight is 373 g/mol. The van der Waals surface area contributed by atoms with E-state index >= 15 is 0 Å². The summed E-state index contributed by atoms with van der Waals surface area (Å²) in [6, 6.07) is 0. The standard InChI is InChI=1S/C3H2O7.2Na.2Sr.4H/c4-1(5)9-3(8)10-2(6)7;;;;;;;;/h(H,4,5)(H,6,7);;;;;;;;/q;2*+1;;;;;;/p-2. The Bertz CT molecular complexity index is 168. The first-order valence-electron chi connectivity index (χ1n) is 1.84. The van der Waals surface area contributed by atoms with Crippen LogP contribution in [0.25, 0.3) is 0 Å². The number of carbonyl (C=O) groups excluding carboxylic acids is 3. The quantitative estimate of drug-likeness (QED) is 0.235. The fourth-order valence-corrected chi connectivity index (χ4v) is 0.157. The van der Waals surface area contributed by atoms with Gasteiger partial charge in [0, 0.05) is 0 Å². The summed E-state index contributed by atoms with van der Waals surface area (Å²) in [6.07, 6.45) is -6.32. The van der Waals surface area contributed by atoms with Gasteiger partial charge in [0.15, 0.2) is 0 Å². The normalized spacial score (nSPS) is 5.71. The second-order valence-corrected chi connectivity index (χ2v) is 0.954. The summed E-state index contributed by atoms with van der Waals surface area (Å²) in [7, 11) is 0. The van der Waals surface area contributed by atoms with Crippen molar-refractivity contribution in [3.8, 4) is 0 Å². The van der Waals surface area contributed by atoms with Gasteiger partial charge < -0.3 is 29.3 Å². The fourth-order valence-electron chi connectivity index (χ4n) is 0.157. The molecule has 0 rings (SSSR count). The Labute approximate surface area is 197 Å². The van der Waals surface area contributed by atoms with Crippen LogP contribution in [-0.4, -0.2) is 109 Å². The minimum absolute atomic E-state index is 0. The minimum atomic E-state index is -2.20. The molecule has 0 saturated heterocycles. The van der Waals surface area contributed by atoms with E-state index in [1.807, 2.05) is 0 Å². The summed E-state index contributed by atoms with van der Waals surface area (Å²) in [6.45, 7) is 0. The summed E-state index contributed by atoms with van der Waals surface area (Å²) in [5.41, 5.74) is 0. The molecule has 0 heterocycles.